The van der Waals surface area contributed by atoms with Gasteiger partial charge in [0.2, 0.25) is 12.6 Å². The predicted molar refractivity (Wildman–Crippen MR) is 134 cm³/mol. The molecule has 1 aromatic heterocycles. The molecule has 9 heteroatoms. The normalized spacial score (nSPS) is 15.9. The second kappa shape index (κ2) is 8.60. The van der Waals surface area contributed by atoms with Gasteiger partial charge in [-0.05, 0) is 53.6 Å². The number of amides is 1. The van der Waals surface area contributed by atoms with Crippen LogP contribution in [0.25, 0.3) is 11.0 Å². The van der Waals surface area contributed by atoms with Crippen molar-refractivity contribution in [2.45, 2.75) is 12.6 Å². The molecule has 0 aliphatic carbocycles. The van der Waals surface area contributed by atoms with E-state index in [0.29, 0.717) is 45.1 Å². The van der Waals surface area contributed by atoms with Crippen LogP contribution in [0.4, 0.5) is 0 Å². The Morgan fingerprint density at radius 2 is 1.75 bits per heavy atom. The third-order valence-electron chi connectivity index (χ3n) is 6.44. The van der Waals surface area contributed by atoms with Crippen LogP contribution in [0.3, 0.4) is 0 Å². The lowest BCUT2D eigenvalue weighted by molar-refractivity contribution is 0.0714. The molecule has 2 aliphatic heterocycles. The highest BCUT2D eigenvalue weighted by Crippen LogP contribution is 2.42. The first kappa shape index (κ1) is 22.5. The minimum absolute atomic E-state index is 0.0374. The number of nitrogens with zero attached hydrogens (tertiary/aromatic N) is 1. The summed E-state index contributed by atoms with van der Waals surface area (Å²) in [4.78, 5) is 29.1. The van der Waals surface area contributed by atoms with Gasteiger partial charge in [0.1, 0.15) is 5.58 Å². The van der Waals surface area contributed by atoms with Crippen molar-refractivity contribution in [2.24, 2.45) is 0 Å². The molecule has 8 nitrogen and oxygen atoms in total. The van der Waals surface area contributed by atoms with Crippen LogP contribution in [-0.2, 0) is 6.54 Å². The van der Waals surface area contributed by atoms with Gasteiger partial charge in [-0.1, -0.05) is 28.1 Å². The third kappa shape index (κ3) is 3.50. The van der Waals surface area contributed by atoms with Crippen LogP contribution in [0.15, 0.2) is 68.3 Å². The smallest absolute Gasteiger partial charge is 0.291 e. The standard InChI is InChI=1S/C27H20BrNO7/c1-32-19-7-4-15(10-21(19)33-2)24-23-25(30)17-11-16(28)5-8-18(17)36-26(23)27(31)29(24)12-14-3-6-20-22(9-14)35-13-34-20/h3-11,24H,12-13H2,1-2H3. The quantitative estimate of drug-likeness (QED) is 0.344. The average molecular weight is 550 g/mol. The number of methoxy groups -OCH3 is 2. The van der Waals surface area contributed by atoms with E-state index >= 15 is 0 Å². The Bertz CT molecular complexity index is 1600. The van der Waals surface area contributed by atoms with E-state index in [4.69, 9.17) is 23.4 Å². The topological polar surface area (TPSA) is 87.4 Å². The van der Waals surface area contributed by atoms with Gasteiger partial charge >= 0.3 is 0 Å². The van der Waals surface area contributed by atoms with Gasteiger partial charge in [0.25, 0.3) is 5.91 Å². The largest absolute Gasteiger partial charge is 0.493 e. The summed E-state index contributed by atoms with van der Waals surface area (Å²) in [6, 6.07) is 15.4. The lowest BCUT2D eigenvalue weighted by atomic mass is 9.97. The molecule has 182 valence electrons. The van der Waals surface area contributed by atoms with E-state index in [-0.39, 0.29) is 30.4 Å². The molecular weight excluding hydrogens is 530 g/mol. The molecule has 0 radical (unpaired) electrons. The lowest BCUT2D eigenvalue weighted by Gasteiger charge is -2.26. The van der Waals surface area contributed by atoms with Crippen LogP contribution >= 0.6 is 15.9 Å². The maximum absolute atomic E-state index is 13.8. The van der Waals surface area contributed by atoms with Crippen LogP contribution in [-0.4, -0.2) is 31.8 Å². The van der Waals surface area contributed by atoms with Crippen LogP contribution in [0.5, 0.6) is 23.0 Å². The number of fused-ring (bicyclic) bond motifs is 3. The van der Waals surface area contributed by atoms with E-state index in [2.05, 4.69) is 15.9 Å². The zero-order valence-electron chi connectivity index (χ0n) is 19.4. The van der Waals surface area contributed by atoms with Gasteiger partial charge in [-0.3, -0.25) is 9.59 Å². The van der Waals surface area contributed by atoms with Crippen molar-refractivity contribution in [3.63, 3.8) is 0 Å². The molecule has 0 saturated carbocycles. The zero-order valence-corrected chi connectivity index (χ0v) is 21.0. The van der Waals surface area contributed by atoms with E-state index in [9.17, 15) is 9.59 Å². The highest BCUT2D eigenvalue weighted by Gasteiger charge is 2.43. The van der Waals surface area contributed by atoms with Crippen molar-refractivity contribution in [1.29, 1.82) is 0 Å². The highest BCUT2D eigenvalue weighted by atomic mass is 79.9. The number of halogens is 1. The maximum atomic E-state index is 13.8. The first-order valence-corrected chi connectivity index (χ1v) is 12.0. The molecule has 3 aromatic carbocycles. The summed E-state index contributed by atoms with van der Waals surface area (Å²) >= 11 is 3.42. The Morgan fingerprint density at radius 1 is 0.944 bits per heavy atom. The van der Waals surface area contributed by atoms with E-state index in [0.717, 1.165) is 10.0 Å². The highest BCUT2D eigenvalue weighted by molar-refractivity contribution is 9.10. The minimum atomic E-state index is -0.697. The summed E-state index contributed by atoms with van der Waals surface area (Å²) in [5, 5.41) is 0.395. The zero-order chi connectivity index (χ0) is 25.0. The number of hydrogen-bond acceptors (Lipinski definition) is 7. The molecule has 3 heterocycles. The molecule has 1 atom stereocenters. The fraction of sp³-hybridized carbons (Fsp3) is 0.185. The van der Waals surface area contributed by atoms with Crippen molar-refractivity contribution >= 4 is 32.8 Å². The molecule has 0 bridgehead atoms. The van der Waals surface area contributed by atoms with Gasteiger partial charge in [-0.15, -0.1) is 0 Å². The summed E-state index contributed by atoms with van der Waals surface area (Å²) in [5.74, 6) is 1.97. The molecule has 0 N–H and O–H groups in total. The average Bonchev–Trinajstić information content (AvgIpc) is 3.47. The van der Waals surface area contributed by atoms with Gasteiger partial charge < -0.3 is 28.3 Å². The molecule has 0 saturated heterocycles. The molecule has 1 amide bonds. The monoisotopic (exact) mass is 549 g/mol. The van der Waals surface area contributed by atoms with Crippen molar-refractivity contribution in [1.82, 2.24) is 4.90 Å². The van der Waals surface area contributed by atoms with E-state index in [1.54, 1.807) is 49.5 Å². The summed E-state index contributed by atoms with van der Waals surface area (Å²) < 4.78 is 28.6. The Morgan fingerprint density at radius 3 is 2.56 bits per heavy atom. The number of rotatable bonds is 5. The minimum Gasteiger partial charge on any atom is -0.493 e. The van der Waals surface area contributed by atoms with E-state index in [1.807, 2.05) is 24.3 Å². The van der Waals surface area contributed by atoms with Crippen LogP contribution < -0.4 is 24.4 Å². The molecule has 36 heavy (non-hydrogen) atoms. The SMILES string of the molecule is COc1ccc(C2c3c(oc4ccc(Br)cc4c3=O)C(=O)N2Cc2ccc3c(c2)OCO3)cc1OC. The summed E-state index contributed by atoms with van der Waals surface area (Å²) in [6.07, 6.45) is 0. The Kier molecular flexibility index (Phi) is 5.37. The van der Waals surface area contributed by atoms with Crippen molar-refractivity contribution < 1.29 is 28.2 Å². The molecule has 0 fully saturated rings. The van der Waals surface area contributed by atoms with E-state index in [1.165, 1.54) is 0 Å². The van der Waals surface area contributed by atoms with Crippen LogP contribution in [0.2, 0.25) is 0 Å². The fourth-order valence-electron chi connectivity index (χ4n) is 4.76. The van der Waals surface area contributed by atoms with Gasteiger partial charge in [0, 0.05) is 11.0 Å². The summed E-state index contributed by atoms with van der Waals surface area (Å²) in [7, 11) is 3.09. The molecule has 0 spiro atoms. The van der Waals surface area contributed by atoms with Crippen LogP contribution in [0.1, 0.15) is 33.3 Å². The molecular formula is C27H20BrNO7. The summed E-state index contributed by atoms with van der Waals surface area (Å²) in [6.45, 7) is 0.375. The molecule has 1 unspecified atom stereocenters. The first-order chi connectivity index (χ1) is 17.5. The Hall–Kier alpha value is -3.98. The van der Waals surface area contributed by atoms with Gasteiger partial charge in [-0.25, -0.2) is 0 Å². The Balaban J connectivity index is 1.53. The second-order valence-electron chi connectivity index (χ2n) is 8.45. The lowest BCUT2D eigenvalue weighted by Crippen LogP contribution is -2.29. The van der Waals surface area contributed by atoms with E-state index < -0.39 is 6.04 Å². The van der Waals surface area contributed by atoms with Gasteiger partial charge in [-0.2, -0.15) is 0 Å². The fourth-order valence-corrected chi connectivity index (χ4v) is 5.12. The number of carbonyl (C=O) groups excluding carboxylic acids is 1. The third-order valence-corrected chi connectivity index (χ3v) is 6.93. The maximum Gasteiger partial charge on any atom is 0.291 e. The van der Waals surface area contributed by atoms with Crippen LogP contribution in [0, 0.1) is 0 Å². The first-order valence-electron chi connectivity index (χ1n) is 11.2. The number of hydrogen-bond donors (Lipinski definition) is 0. The van der Waals surface area contributed by atoms with Crippen molar-refractivity contribution in [3.8, 4) is 23.0 Å². The predicted octanol–water partition coefficient (Wildman–Crippen LogP) is 5.05. The number of ether oxygens (including phenoxy) is 4. The Labute approximate surface area is 214 Å². The molecule has 4 aromatic rings. The van der Waals surface area contributed by atoms with Gasteiger partial charge in [0.15, 0.2) is 28.4 Å². The van der Waals surface area contributed by atoms with Crippen molar-refractivity contribution in [3.05, 3.63) is 91.7 Å². The van der Waals surface area contributed by atoms with Crippen molar-refractivity contribution in [2.75, 3.05) is 21.0 Å². The van der Waals surface area contributed by atoms with Gasteiger partial charge in [0.05, 0.1) is 31.2 Å². The molecule has 2 aliphatic rings. The number of benzene rings is 3. The number of carbonyl (C=O) groups is 1. The molecule has 6 rings (SSSR count). The second-order valence-corrected chi connectivity index (χ2v) is 9.37. The summed E-state index contributed by atoms with van der Waals surface area (Å²) in [5.41, 5.74) is 1.91.